The number of ether oxygens (including phenoxy) is 10. The molecule has 16 heteroatoms. The number of para-hydroxylation sites is 8. The van der Waals surface area contributed by atoms with Crippen LogP contribution in [0.15, 0.2) is 225 Å². The van der Waals surface area contributed by atoms with Crippen molar-refractivity contribution >= 4 is 43.6 Å². The molecule has 11 aromatic rings. The molecule has 95 heavy (non-hydrogen) atoms. The van der Waals surface area contributed by atoms with Gasteiger partial charge in [0.1, 0.15) is 49.3 Å². The van der Waals surface area contributed by atoms with E-state index in [1.165, 1.54) is 22.1 Å². The summed E-state index contributed by atoms with van der Waals surface area (Å²) in [4.78, 5) is 8.82. The van der Waals surface area contributed by atoms with Crippen LogP contribution in [0.2, 0.25) is 0 Å². The summed E-state index contributed by atoms with van der Waals surface area (Å²) in [6, 6.07) is 65.3. The number of hydrogen-bond donors (Lipinski definition) is 5. The molecule has 4 heterocycles. The Morgan fingerprint density at radius 2 is 1.02 bits per heavy atom. The minimum atomic E-state index is -0.517. The number of methoxy groups -OCH3 is 3. The molecule has 3 aliphatic rings. The molecule has 0 bridgehead atoms. The molecule has 2 aromatic heterocycles. The third-order valence-corrected chi connectivity index (χ3v) is 17.0. The number of fused-ring (bicyclic) bond motifs is 9. The molecule has 14 rings (SSSR count). The summed E-state index contributed by atoms with van der Waals surface area (Å²) < 4.78 is 56.8. The largest absolute Gasteiger partial charge is 0.507 e. The van der Waals surface area contributed by atoms with Crippen LogP contribution in [0.1, 0.15) is 43.2 Å². The number of phenols is 1. The Balaban J connectivity index is 0.000000135. The molecule has 2 aliphatic heterocycles. The molecule has 1 aliphatic carbocycles. The van der Waals surface area contributed by atoms with Crippen LogP contribution in [0.3, 0.4) is 0 Å². The average Bonchev–Trinajstić information content (AvgIpc) is 1.68. The lowest BCUT2D eigenvalue weighted by Gasteiger charge is -2.17. The van der Waals surface area contributed by atoms with E-state index in [2.05, 4.69) is 71.7 Å². The van der Waals surface area contributed by atoms with Crippen molar-refractivity contribution in [1.29, 1.82) is 0 Å². The standard InChI is InChI=1S/C27H27NO4.C25H27NO4.C14H19NO4.C13H10O/c1-18-19(14-15-30-25-12-6-5-11-24(25)29-2)16-20(32-18)17-31-26-13-7-10-23-27(26)21-8-3-4-9-22(21)28-23;1-28-22-13-4-5-14-23(22)29-16-7-6-9-18(27)17-30-24-15-8-12-21-25(24)19-10-2-3-11-20(19)26-21;1-11-15(9-12(10-16)19-11)7-8-18-14-6-4-3-5-13(14)17-2;14-12-7-3-5-10-8-9-4-1-2-6-11(9)13(10)12/h3-13,19-20,28H,1,14-17H2,2H3;2-5,8,10-15,18,26-27H,6-7,9,16-17H2,1H3;3-6,12,16H,1,7-10H2,2H3;1-7,14H,8H2. The smallest absolute Gasteiger partial charge is 0.182 e. The van der Waals surface area contributed by atoms with Gasteiger partial charge < -0.3 is 77.6 Å². The Morgan fingerprint density at radius 1 is 0.516 bits per heavy atom. The van der Waals surface area contributed by atoms with Gasteiger partial charge >= 0.3 is 0 Å². The Hall–Kier alpha value is -10.4. The second-order valence-electron chi connectivity index (χ2n) is 23.3. The fourth-order valence-corrected chi connectivity index (χ4v) is 12.2. The molecule has 2 saturated heterocycles. The number of rotatable bonds is 24. The molecule has 16 nitrogen and oxygen atoms in total. The third-order valence-electron chi connectivity index (χ3n) is 17.0. The molecule has 0 amide bonds. The van der Waals surface area contributed by atoms with Crippen molar-refractivity contribution < 1.29 is 62.7 Å². The van der Waals surface area contributed by atoms with Crippen LogP contribution >= 0.6 is 0 Å². The van der Waals surface area contributed by atoms with E-state index in [4.69, 9.17) is 52.5 Å². The number of unbranched alkanes of at least 4 members (excludes halogenated alkanes) is 1. The molecule has 492 valence electrons. The van der Waals surface area contributed by atoms with Crippen molar-refractivity contribution in [2.75, 3.05) is 74.1 Å². The van der Waals surface area contributed by atoms with Gasteiger partial charge in [-0.15, -0.1) is 0 Å². The first-order chi connectivity index (χ1) is 46.6. The average molecular weight is 1280 g/mol. The number of benzene rings is 9. The highest BCUT2D eigenvalue weighted by atomic mass is 16.5. The van der Waals surface area contributed by atoms with Gasteiger partial charge in [0.05, 0.1) is 77.1 Å². The van der Waals surface area contributed by atoms with Gasteiger partial charge in [-0.1, -0.05) is 128 Å². The molecule has 0 saturated carbocycles. The topological polar surface area (TPSA) is 188 Å². The van der Waals surface area contributed by atoms with Crippen molar-refractivity contribution in [1.82, 2.24) is 14.9 Å². The minimum absolute atomic E-state index is 0.00286. The highest BCUT2D eigenvalue weighted by Gasteiger charge is 2.31. The van der Waals surface area contributed by atoms with Gasteiger partial charge in [-0.2, -0.15) is 0 Å². The fraction of sp³-hybridized carbons (Fsp3) is 0.266. The van der Waals surface area contributed by atoms with Gasteiger partial charge in [-0.05, 0) is 141 Å². The number of nitrogens with zero attached hydrogens (tertiary/aromatic N) is 1. The Kier molecular flexibility index (Phi) is 22.5. The lowest BCUT2D eigenvalue weighted by atomic mass is 10.0. The van der Waals surface area contributed by atoms with Crippen LogP contribution in [-0.4, -0.2) is 123 Å². The van der Waals surface area contributed by atoms with Crippen LogP contribution in [0.4, 0.5) is 0 Å². The van der Waals surface area contributed by atoms with E-state index < -0.39 is 6.10 Å². The van der Waals surface area contributed by atoms with Crippen LogP contribution < -0.4 is 37.9 Å². The van der Waals surface area contributed by atoms with Crippen LogP contribution in [0.25, 0.3) is 54.7 Å². The maximum Gasteiger partial charge on any atom is 0.182 e. The van der Waals surface area contributed by atoms with Crippen molar-refractivity contribution in [2.24, 2.45) is 5.92 Å². The molecule has 4 atom stereocenters. The molecular formula is C79H83N3O13. The van der Waals surface area contributed by atoms with Crippen LogP contribution in [0.5, 0.6) is 51.7 Å². The number of H-pyrrole nitrogens is 2. The quantitative estimate of drug-likeness (QED) is 0.0360. The maximum atomic E-state index is 10.4. The molecule has 5 N–H and O–H groups in total. The first-order valence-electron chi connectivity index (χ1n) is 32.2. The van der Waals surface area contributed by atoms with Crippen molar-refractivity contribution in [2.45, 2.75) is 56.8 Å². The van der Waals surface area contributed by atoms with Crippen LogP contribution in [-0.2, 0) is 15.9 Å². The number of nitrogens with one attached hydrogen (secondary N) is 2. The molecule has 0 spiro atoms. The van der Waals surface area contributed by atoms with Gasteiger partial charge in [0.2, 0.25) is 0 Å². The third kappa shape index (κ3) is 16.5. The first kappa shape index (κ1) is 66.1. The molecule has 4 unspecified atom stereocenters. The highest BCUT2D eigenvalue weighted by molar-refractivity contribution is 6.11. The lowest BCUT2D eigenvalue weighted by molar-refractivity contribution is 0.0971. The van der Waals surface area contributed by atoms with Crippen molar-refractivity contribution in [3.8, 4) is 62.9 Å². The van der Waals surface area contributed by atoms with Gasteiger partial charge in [0.15, 0.2) is 40.4 Å². The summed E-state index contributed by atoms with van der Waals surface area (Å²) in [7, 11) is 4.90. The van der Waals surface area contributed by atoms with E-state index >= 15 is 0 Å². The summed E-state index contributed by atoms with van der Waals surface area (Å²) in [6.45, 7) is 11.7. The van der Waals surface area contributed by atoms with E-state index in [1.54, 1.807) is 27.4 Å². The highest BCUT2D eigenvalue weighted by Crippen LogP contribution is 2.42. The number of hydrogen-bond acceptors (Lipinski definition) is 14. The monoisotopic (exact) mass is 1280 g/mol. The van der Waals surface area contributed by atoms with E-state index in [0.717, 1.165) is 122 Å². The number of aromatic hydroxyl groups is 1. The molecule has 9 aromatic carbocycles. The molecule has 0 radical (unpaired) electrons. The van der Waals surface area contributed by atoms with Gasteiger partial charge in [0.25, 0.3) is 0 Å². The number of allylic oxidation sites excluding steroid dienone is 1. The predicted octanol–water partition coefficient (Wildman–Crippen LogP) is 15.6. The lowest BCUT2D eigenvalue weighted by Crippen LogP contribution is -2.27. The number of aliphatic hydroxyl groups is 2. The van der Waals surface area contributed by atoms with E-state index in [-0.39, 0.29) is 31.3 Å². The second-order valence-corrected chi connectivity index (χ2v) is 23.3. The summed E-state index contributed by atoms with van der Waals surface area (Å²) in [6.07, 6.45) is 4.32. The van der Waals surface area contributed by atoms with Gasteiger partial charge in [-0.3, -0.25) is 0 Å². The summed E-state index contributed by atoms with van der Waals surface area (Å²) in [5, 5.41) is 33.6. The van der Waals surface area contributed by atoms with Crippen molar-refractivity contribution in [3.63, 3.8) is 0 Å². The predicted molar refractivity (Wildman–Crippen MR) is 374 cm³/mol. The summed E-state index contributed by atoms with van der Waals surface area (Å²) in [5.41, 5.74) is 9.04. The molecule has 2 fully saturated rings. The zero-order valence-electron chi connectivity index (χ0n) is 54.0. The Labute approximate surface area is 554 Å². The van der Waals surface area contributed by atoms with Crippen molar-refractivity contribution in [3.05, 3.63) is 236 Å². The first-order valence-corrected chi connectivity index (χ1v) is 32.2. The number of aromatic nitrogens is 2. The Morgan fingerprint density at radius 3 is 1.62 bits per heavy atom. The zero-order chi connectivity index (χ0) is 65.9. The summed E-state index contributed by atoms with van der Waals surface area (Å²) >= 11 is 0. The second kappa shape index (κ2) is 32.4. The van der Waals surface area contributed by atoms with E-state index in [1.807, 2.05) is 150 Å². The number of aliphatic hydroxyl groups excluding tert-OH is 2. The zero-order valence-corrected chi connectivity index (χ0v) is 54.0. The minimum Gasteiger partial charge on any atom is -0.507 e. The van der Waals surface area contributed by atoms with Crippen LogP contribution in [0, 0.1) is 5.92 Å². The normalized spacial score (nSPS) is 15.4. The summed E-state index contributed by atoms with van der Waals surface area (Å²) in [5.74, 6) is 8.12. The van der Waals surface area contributed by atoms with Gasteiger partial charge in [-0.25, -0.2) is 0 Å². The Bertz CT molecular complexity index is 4330. The van der Waals surface area contributed by atoms with E-state index in [0.29, 0.717) is 63.3 Å². The van der Waals surface area contributed by atoms with E-state index in [9.17, 15) is 10.2 Å². The maximum absolute atomic E-state index is 10.4. The number of phenolic OH excluding ortho intramolecular Hbond substituents is 1. The SMILES string of the molecule is C=C1OC(CO)CN1CCOc1ccccc1OC.C=C1OC(COc2cccc3[nH]c4ccccc4c23)CC1CCOc1ccccc1OC.COc1ccccc1OCCCCC(O)COc1cccc2[nH]c3ccccc3c12.Oc1cccc2c1-c1ccccc1C2. The van der Waals surface area contributed by atoms with Gasteiger partial charge in [0, 0.05) is 44.1 Å². The molecular weight excluding hydrogens is 1200 g/mol. The fourth-order valence-electron chi connectivity index (χ4n) is 12.2. The number of aromatic amines is 2.